The largest absolute Gasteiger partial charge is 0.392 e. The standard InChI is InChI=1S/C14H19N3OS/c18-13-10-2-1-3-11(13)7-16(6-10)8-12-9-17-4-5-19-14(17)15-12/h4-5,9-11,13,18H,1-3,6-8H2/t10-,11-/m0/s1. The second-order valence-corrected chi connectivity index (χ2v) is 6.83. The molecule has 5 heteroatoms. The Morgan fingerprint density at radius 3 is 2.84 bits per heavy atom. The van der Waals surface area contributed by atoms with Gasteiger partial charge in [0.15, 0.2) is 4.96 Å². The van der Waals surface area contributed by atoms with Gasteiger partial charge in [0.2, 0.25) is 0 Å². The van der Waals surface area contributed by atoms with Crippen LogP contribution in [0.2, 0.25) is 0 Å². The molecule has 2 fully saturated rings. The van der Waals surface area contributed by atoms with Crippen LogP contribution in [0.4, 0.5) is 0 Å². The second kappa shape index (κ2) is 4.58. The summed E-state index contributed by atoms with van der Waals surface area (Å²) in [6.45, 7) is 2.99. The van der Waals surface area contributed by atoms with E-state index in [1.165, 1.54) is 19.3 Å². The number of thiazole rings is 1. The van der Waals surface area contributed by atoms with Crippen molar-refractivity contribution in [3.63, 3.8) is 0 Å². The van der Waals surface area contributed by atoms with E-state index in [1.807, 2.05) is 0 Å². The van der Waals surface area contributed by atoms with E-state index in [0.717, 1.165) is 30.3 Å². The van der Waals surface area contributed by atoms with Gasteiger partial charge < -0.3 is 5.11 Å². The van der Waals surface area contributed by atoms with E-state index in [4.69, 9.17) is 0 Å². The zero-order chi connectivity index (χ0) is 12.8. The number of nitrogens with zero attached hydrogens (tertiary/aromatic N) is 3. The van der Waals surface area contributed by atoms with Crippen LogP contribution in [0, 0.1) is 11.8 Å². The number of aliphatic hydroxyl groups excluding tert-OH is 1. The van der Waals surface area contributed by atoms with Crippen LogP contribution in [0.15, 0.2) is 17.8 Å². The molecule has 1 aliphatic heterocycles. The molecule has 0 unspecified atom stereocenters. The summed E-state index contributed by atoms with van der Waals surface area (Å²) < 4.78 is 2.10. The van der Waals surface area contributed by atoms with Crippen LogP contribution in [-0.4, -0.2) is 38.6 Å². The number of imidazole rings is 1. The normalized spacial score (nSPS) is 31.9. The van der Waals surface area contributed by atoms with Crippen molar-refractivity contribution in [2.24, 2.45) is 11.8 Å². The third-order valence-corrected chi connectivity index (χ3v) is 5.40. The van der Waals surface area contributed by atoms with Crippen LogP contribution < -0.4 is 0 Å². The third kappa shape index (κ3) is 2.10. The maximum atomic E-state index is 10.2. The summed E-state index contributed by atoms with van der Waals surface area (Å²) in [6, 6.07) is 0. The fraction of sp³-hybridized carbons (Fsp3) is 0.643. The second-order valence-electron chi connectivity index (χ2n) is 5.96. The average molecular weight is 277 g/mol. The minimum Gasteiger partial charge on any atom is -0.392 e. The highest BCUT2D eigenvalue weighted by molar-refractivity contribution is 7.15. The lowest BCUT2D eigenvalue weighted by Crippen LogP contribution is -2.51. The van der Waals surface area contributed by atoms with E-state index in [0.29, 0.717) is 11.8 Å². The number of hydrogen-bond acceptors (Lipinski definition) is 4. The van der Waals surface area contributed by atoms with Gasteiger partial charge in [-0.1, -0.05) is 6.42 Å². The van der Waals surface area contributed by atoms with Crippen LogP contribution in [-0.2, 0) is 6.54 Å². The molecule has 2 bridgehead atoms. The van der Waals surface area contributed by atoms with Gasteiger partial charge in [-0.05, 0) is 24.7 Å². The van der Waals surface area contributed by atoms with E-state index in [-0.39, 0.29) is 6.10 Å². The lowest BCUT2D eigenvalue weighted by atomic mass is 9.75. The van der Waals surface area contributed by atoms with E-state index in [1.54, 1.807) is 11.3 Å². The Hall–Kier alpha value is -0.910. The molecule has 1 saturated carbocycles. The molecule has 2 aromatic heterocycles. The molecule has 0 spiro atoms. The summed E-state index contributed by atoms with van der Waals surface area (Å²) in [7, 11) is 0. The molecule has 0 amide bonds. The Labute approximate surface area is 116 Å². The molecule has 0 radical (unpaired) electrons. The van der Waals surface area contributed by atoms with Crippen LogP contribution in [0.5, 0.6) is 0 Å². The Balaban J connectivity index is 1.49. The summed E-state index contributed by atoms with van der Waals surface area (Å²) >= 11 is 1.68. The van der Waals surface area contributed by atoms with Crippen molar-refractivity contribution in [1.29, 1.82) is 0 Å². The Morgan fingerprint density at radius 2 is 2.11 bits per heavy atom. The van der Waals surface area contributed by atoms with E-state index in [9.17, 15) is 5.11 Å². The van der Waals surface area contributed by atoms with Crippen molar-refractivity contribution in [2.45, 2.75) is 31.9 Å². The quantitative estimate of drug-likeness (QED) is 0.912. The average Bonchev–Trinajstić information content (AvgIpc) is 2.91. The lowest BCUT2D eigenvalue weighted by Gasteiger charge is -2.44. The summed E-state index contributed by atoms with van der Waals surface area (Å²) in [5.41, 5.74) is 1.15. The molecule has 3 heterocycles. The summed E-state index contributed by atoms with van der Waals surface area (Å²) in [6.07, 6.45) is 7.80. The Morgan fingerprint density at radius 1 is 1.32 bits per heavy atom. The summed E-state index contributed by atoms with van der Waals surface area (Å²) in [5.74, 6) is 0.965. The first-order chi connectivity index (χ1) is 9.29. The van der Waals surface area contributed by atoms with Crippen molar-refractivity contribution in [1.82, 2.24) is 14.3 Å². The van der Waals surface area contributed by atoms with Crippen molar-refractivity contribution in [3.05, 3.63) is 23.5 Å². The Kier molecular flexibility index (Phi) is 2.86. The SMILES string of the molecule is OC1[C@H]2CCC[C@H]1CN(Cc1cn3ccsc3n1)C2. The van der Waals surface area contributed by atoms with Crippen LogP contribution in [0.25, 0.3) is 4.96 Å². The fourth-order valence-electron chi connectivity index (χ4n) is 3.72. The van der Waals surface area contributed by atoms with Crippen LogP contribution in [0.3, 0.4) is 0 Å². The smallest absolute Gasteiger partial charge is 0.193 e. The summed E-state index contributed by atoms with van der Waals surface area (Å²) in [5, 5.41) is 12.3. The molecule has 0 aromatic carbocycles. The number of aromatic nitrogens is 2. The minimum absolute atomic E-state index is 0.0597. The first kappa shape index (κ1) is 11.9. The number of rotatable bonds is 2. The van der Waals surface area contributed by atoms with Gasteiger partial charge in [0.1, 0.15) is 0 Å². The highest BCUT2D eigenvalue weighted by Gasteiger charge is 2.38. The molecule has 1 N–H and O–H groups in total. The highest BCUT2D eigenvalue weighted by Crippen LogP contribution is 2.35. The zero-order valence-electron chi connectivity index (χ0n) is 10.9. The third-order valence-electron chi connectivity index (χ3n) is 4.63. The van der Waals surface area contributed by atoms with Crippen molar-refractivity contribution >= 4 is 16.3 Å². The molecule has 102 valence electrons. The van der Waals surface area contributed by atoms with Gasteiger partial charge in [0.05, 0.1) is 11.8 Å². The van der Waals surface area contributed by atoms with Gasteiger partial charge in [-0.25, -0.2) is 4.98 Å². The van der Waals surface area contributed by atoms with Crippen LogP contribution in [0.1, 0.15) is 25.0 Å². The van der Waals surface area contributed by atoms with Gasteiger partial charge >= 0.3 is 0 Å². The van der Waals surface area contributed by atoms with E-state index in [2.05, 4.69) is 32.1 Å². The maximum Gasteiger partial charge on any atom is 0.193 e. The van der Waals surface area contributed by atoms with Gasteiger partial charge in [-0.2, -0.15) is 0 Å². The van der Waals surface area contributed by atoms with Crippen molar-refractivity contribution in [3.8, 4) is 0 Å². The van der Waals surface area contributed by atoms with Gasteiger partial charge in [-0.3, -0.25) is 9.30 Å². The van der Waals surface area contributed by atoms with Crippen LogP contribution >= 0.6 is 11.3 Å². The van der Waals surface area contributed by atoms with Gasteiger partial charge in [0, 0.05) is 37.4 Å². The number of hydrogen-bond donors (Lipinski definition) is 1. The molecule has 19 heavy (non-hydrogen) atoms. The van der Waals surface area contributed by atoms with Crippen molar-refractivity contribution in [2.75, 3.05) is 13.1 Å². The molecule has 4 nitrogen and oxygen atoms in total. The molecule has 2 aliphatic rings. The number of likely N-dealkylation sites (tertiary alicyclic amines) is 1. The lowest BCUT2D eigenvalue weighted by molar-refractivity contribution is -0.0519. The molecular formula is C14H19N3OS. The predicted molar refractivity (Wildman–Crippen MR) is 75.2 cm³/mol. The molecular weight excluding hydrogens is 258 g/mol. The Bertz CT molecular complexity index is 536. The summed E-state index contributed by atoms with van der Waals surface area (Å²) in [4.78, 5) is 8.21. The topological polar surface area (TPSA) is 40.8 Å². The minimum atomic E-state index is -0.0597. The molecule has 4 rings (SSSR count). The number of fused-ring (bicyclic) bond motifs is 3. The first-order valence-corrected chi connectivity index (χ1v) is 7.99. The molecule has 1 saturated heterocycles. The zero-order valence-corrected chi connectivity index (χ0v) is 11.7. The van der Waals surface area contributed by atoms with E-state index >= 15 is 0 Å². The molecule has 1 aliphatic carbocycles. The first-order valence-electron chi connectivity index (χ1n) is 7.11. The fourth-order valence-corrected chi connectivity index (χ4v) is 4.43. The molecule has 2 atom stereocenters. The van der Waals surface area contributed by atoms with E-state index < -0.39 is 0 Å². The predicted octanol–water partition coefficient (Wildman–Crippen LogP) is 1.99. The monoisotopic (exact) mass is 277 g/mol. The van der Waals surface area contributed by atoms with Crippen molar-refractivity contribution < 1.29 is 5.11 Å². The maximum absolute atomic E-state index is 10.2. The van der Waals surface area contributed by atoms with Gasteiger partial charge in [-0.15, -0.1) is 11.3 Å². The number of piperidine rings is 1. The highest BCUT2D eigenvalue weighted by atomic mass is 32.1. The number of aliphatic hydroxyl groups is 1. The molecule has 2 aromatic rings. The van der Waals surface area contributed by atoms with Gasteiger partial charge in [0.25, 0.3) is 0 Å².